The van der Waals surface area contributed by atoms with Crippen molar-refractivity contribution in [3.8, 4) is 0 Å². The van der Waals surface area contributed by atoms with E-state index in [-0.39, 0.29) is 0 Å². The number of hydrogen-bond acceptors (Lipinski definition) is 2. The van der Waals surface area contributed by atoms with Gasteiger partial charge in [-0.1, -0.05) is 55.8 Å². The number of benzene rings is 1. The highest BCUT2D eigenvalue weighted by molar-refractivity contribution is 9.10. The molecule has 0 aromatic heterocycles. The van der Waals surface area contributed by atoms with E-state index < -0.39 is 0 Å². The van der Waals surface area contributed by atoms with Crippen molar-refractivity contribution in [2.75, 3.05) is 0 Å². The van der Waals surface area contributed by atoms with Crippen LogP contribution in [0.5, 0.6) is 0 Å². The molecule has 0 bridgehead atoms. The lowest BCUT2D eigenvalue weighted by Gasteiger charge is -2.30. The van der Waals surface area contributed by atoms with Crippen molar-refractivity contribution in [1.82, 2.24) is 5.43 Å². The van der Waals surface area contributed by atoms with Crippen LogP contribution in [-0.2, 0) is 6.42 Å². The van der Waals surface area contributed by atoms with Gasteiger partial charge in [-0.2, -0.15) is 0 Å². The monoisotopic (exact) mass is 312 g/mol. The zero-order valence-electron chi connectivity index (χ0n) is 11.8. The van der Waals surface area contributed by atoms with Gasteiger partial charge < -0.3 is 0 Å². The lowest BCUT2D eigenvalue weighted by molar-refractivity contribution is 0.222. The molecule has 1 aromatic rings. The first-order valence-electron chi connectivity index (χ1n) is 6.53. The Morgan fingerprint density at radius 3 is 2.22 bits per heavy atom. The Labute approximate surface area is 119 Å². The van der Waals surface area contributed by atoms with E-state index in [0.29, 0.717) is 17.4 Å². The largest absolute Gasteiger partial charge is 0.271 e. The molecule has 0 aliphatic heterocycles. The zero-order chi connectivity index (χ0) is 13.8. The first-order valence-corrected chi connectivity index (χ1v) is 7.33. The topological polar surface area (TPSA) is 38.0 Å². The molecule has 3 heteroatoms. The summed E-state index contributed by atoms with van der Waals surface area (Å²) in [5, 5.41) is 0. The second-order valence-electron chi connectivity index (χ2n) is 6.20. The molecule has 3 N–H and O–H groups in total. The molecule has 0 amide bonds. The van der Waals surface area contributed by atoms with Crippen LogP contribution < -0.4 is 11.3 Å². The molecule has 1 rings (SSSR count). The average Bonchev–Trinajstić information content (AvgIpc) is 2.29. The van der Waals surface area contributed by atoms with Crippen molar-refractivity contribution >= 4 is 15.9 Å². The number of rotatable bonds is 5. The van der Waals surface area contributed by atoms with Crippen molar-refractivity contribution < 1.29 is 0 Å². The Morgan fingerprint density at radius 1 is 1.22 bits per heavy atom. The first-order chi connectivity index (χ1) is 8.32. The van der Waals surface area contributed by atoms with Gasteiger partial charge in [0.2, 0.25) is 0 Å². The van der Waals surface area contributed by atoms with Crippen LogP contribution in [0.25, 0.3) is 0 Å². The Balaban J connectivity index is 2.59. The quantitative estimate of drug-likeness (QED) is 0.639. The third-order valence-electron chi connectivity index (χ3n) is 3.75. The maximum atomic E-state index is 5.68. The molecule has 0 saturated carbocycles. The molecular weight excluding hydrogens is 288 g/mol. The van der Waals surface area contributed by atoms with Gasteiger partial charge in [0.05, 0.1) is 0 Å². The van der Waals surface area contributed by atoms with Gasteiger partial charge in [0, 0.05) is 10.5 Å². The second-order valence-corrected chi connectivity index (χ2v) is 7.11. The third kappa shape index (κ3) is 5.09. The number of hydrazine groups is 1. The number of hydrogen-bond donors (Lipinski definition) is 2. The van der Waals surface area contributed by atoms with Gasteiger partial charge in [0.15, 0.2) is 0 Å². The maximum absolute atomic E-state index is 5.68. The normalized spacial score (nSPS) is 15.4. The molecule has 2 nitrogen and oxygen atoms in total. The molecule has 0 aliphatic carbocycles. The zero-order valence-corrected chi connectivity index (χ0v) is 13.4. The van der Waals surface area contributed by atoms with Crippen molar-refractivity contribution in [3.05, 3.63) is 34.3 Å². The standard InChI is InChI=1S/C15H25BrN2/c1-11(15(2,3)4)9-14(18-17)10-12-5-7-13(16)8-6-12/h5-8,11,14,18H,9-10,17H2,1-4H3. The minimum Gasteiger partial charge on any atom is -0.271 e. The van der Waals surface area contributed by atoms with Gasteiger partial charge in [-0.05, 0) is 41.9 Å². The minimum atomic E-state index is 0.328. The molecule has 1 aromatic carbocycles. The molecule has 2 atom stereocenters. The third-order valence-corrected chi connectivity index (χ3v) is 4.28. The lowest BCUT2D eigenvalue weighted by atomic mass is 9.78. The molecule has 0 spiro atoms. The van der Waals surface area contributed by atoms with Crippen molar-refractivity contribution in [3.63, 3.8) is 0 Å². The molecule has 0 fully saturated rings. The predicted octanol–water partition coefficient (Wildman–Crippen LogP) is 3.90. The highest BCUT2D eigenvalue weighted by atomic mass is 79.9. The van der Waals surface area contributed by atoms with E-state index in [9.17, 15) is 0 Å². The average molecular weight is 313 g/mol. The molecule has 0 aliphatic rings. The van der Waals surface area contributed by atoms with E-state index in [4.69, 9.17) is 5.84 Å². The molecule has 0 radical (unpaired) electrons. The summed E-state index contributed by atoms with van der Waals surface area (Å²) in [6.45, 7) is 9.15. The van der Waals surface area contributed by atoms with E-state index in [2.05, 4.69) is 73.3 Å². The highest BCUT2D eigenvalue weighted by Crippen LogP contribution is 2.29. The number of halogens is 1. The molecular formula is C15H25BrN2. The Morgan fingerprint density at radius 2 is 1.78 bits per heavy atom. The molecule has 0 heterocycles. The first kappa shape index (κ1) is 15.7. The molecule has 102 valence electrons. The van der Waals surface area contributed by atoms with Gasteiger partial charge in [-0.3, -0.25) is 11.3 Å². The molecule has 2 unspecified atom stereocenters. The number of nitrogens with one attached hydrogen (secondary N) is 1. The minimum absolute atomic E-state index is 0.328. The summed E-state index contributed by atoms with van der Waals surface area (Å²) >= 11 is 3.45. The lowest BCUT2D eigenvalue weighted by Crippen LogP contribution is -2.39. The smallest absolute Gasteiger partial charge is 0.0253 e. The summed E-state index contributed by atoms with van der Waals surface area (Å²) in [7, 11) is 0. The van der Waals surface area contributed by atoms with E-state index >= 15 is 0 Å². The van der Waals surface area contributed by atoms with E-state index in [1.54, 1.807) is 0 Å². The predicted molar refractivity (Wildman–Crippen MR) is 82.2 cm³/mol. The van der Waals surface area contributed by atoms with E-state index in [1.165, 1.54) is 5.56 Å². The molecule has 0 saturated heterocycles. The van der Waals surface area contributed by atoms with Gasteiger partial charge in [-0.25, -0.2) is 0 Å². The Kier molecular flexibility index (Phi) is 5.83. The van der Waals surface area contributed by atoms with Gasteiger partial charge in [0.25, 0.3) is 0 Å². The molecule has 18 heavy (non-hydrogen) atoms. The van der Waals surface area contributed by atoms with Crippen LogP contribution in [0.3, 0.4) is 0 Å². The van der Waals surface area contributed by atoms with E-state index in [0.717, 1.165) is 17.3 Å². The Bertz CT molecular complexity index is 354. The summed E-state index contributed by atoms with van der Waals surface area (Å²) in [6, 6.07) is 8.79. The number of nitrogens with two attached hydrogens (primary N) is 1. The van der Waals surface area contributed by atoms with Crippen molar-refractivity contribution in [2.45, 2.75) is 46.6 Å². The van der Waals surface area contributed by atoms with Crippen molar-refractivity contribution in [1.29, 1.82) is 0 Å². The van der Waals surface area contributed by atoms with Crippen LogP contribution in [0, 0.1) is 11.3 Å². The van der Waals surface area contributed by atoms with Crippen LogP contribution in [0.1, 0.15) is 39.7 Å². The highest BCUT2D eigenvalue weighted by Gasteiger charge is 2.23. The van der Waals surface area contributed by atoms with Gasteiger partial charge >= 0.3 is 0 Å². The van der Waals surface area contributed by atoms with Crippen LogP contribution in [-0.4, -0.2) is 6.04 Å². The SMILES string of the molecule is CC(CC(Cc1ccc(Br)cc1)NN)C(C)(C)C. The summed E-state index contributed by atoms with van der Waals surface area (Å²) in [5.41, 5.74) is 4.61. The van der Waals surface area contributed by atoms with Crippen LogP contribution in [0.2, 0.25) is 0 Å². The fourth-order valence-electron chi connectivity index (χ4n) is 1.90. The summed E-state index contributed by atoms with van der Waals surface area (Å²) in [4.78, 5) is 0. The van der Waals surface area contributed by atoms with Gasteiger partial charge in [0.1, 0.15) is 0 Å². The van der Waals surface area contributed by atoms with Gasteiger partial charge in [-0.15, -0.1) is 0 Å². The summed E-state index contributed by atoms with van der Waals surface area (Å²) in [6.07, 6.45) is 2.07. The fraction of sp³-hybridized carbons (Fsp3) is 0.600. The second kappa shape index (κ2) is 6.69. The Hall–Kier alpha value is -0.380. The van der Waals surface area contributed by atoms with Crippen LogP contribution in [0.15, 0.2) is 28.7 Å². The fourth-order valence-corrected chi connectivity index (χ4v) is 2.16. The van der Waals surface area contributed by atoms with Crippen molar-refractivity contribution in [2.24, 2.45) is 17.2 Å². The van der Waals surface area contributed by atoms with Crippen LogP contribution >= 0.6 is 15.9 Å². The van der Waals surface area contributed by atoms with E-state index in [1.807, 2.05) is 0 Å². The maximum Gasteiger partial charge on any atom is 0.0253 e. The van der Waals surface area contributed by atoms with Crippen LogP contribution in [0.4, 0.5) is 0 Å². The summed E-state index contributed by atoms with van der Waals surface area (Å²) < 4.78 is 1.12. The summed E-state index contributed by atoms with van der Waals surface area (Å²) in [5.74, 6) is 6.32.